The summed E-state index contributed by atoms with van der Waals surface area (Å²) in [6, 6.07) is 5.77. The number of hydrogen-bond acceptors (Lipinski definition) is 1. The molecule has 0 amide bonds. The maximum absolute atomic E-state index is 13.4. The van der Waals surface area contributed by atoms with Crippen LogP contribution in [0.2, 0.25) is 5.02 Å². The average Bonchev–Trinajstić information content (AvgIpc) is 2.35. The van der Waals surface area contributed by atoms with Crippen molar-refractivity contribution >= 4 is 17.4 Å². The molecule has 0 aliphatic rings. The van der Waals surface area contributed by atoms with Crippen LogP contribution in [0.5, 0.6) is 0 Å². The van der Waals surface area contributed by atoms with E-state index in [9.17, 15) is 18.0 Å². The minimum atomic E-state index is -0.846. The van der Waals surface area contributed by atoms with Crippen LogP contribution in [-0.2, 0) is 0 Å². The van der Waals surface area contributed by atoms with Gasteiger partial charge in [0, 0.05) is 5.56 Å². The first-order valence-corrected chi connectivity index (χ1v) is 5.31. The highest BCUT2D eigenvalue weighted by Gasteiger charge is 2.16. The Morgan fingerprint density at radius 2 is 1.61 bits per heavy atom. The SMILES string of the molecule is O=C(c1ccc(F)c(Cl)c1)c1cc(F)ccc1F. The van der Waals surface area contributed by atoms with Crippen molar-refractivity contribution in [3.63, 3.8) is 0 Å². The molecule has 92 valence electrons. The summed E-state index contributed by atoms with van der Waals surface area (Å²) in [5, 5.41) is -0.252. The summed E-state index contributed by atoms with van der Waals surface area (Å²) in [5.41, 5.74) is -0.427. The van der Waals surface area contributed by atoms with E-state index in [-0.39, 0.29) is 10.6 Å². The highest BCUT2D eigenvalue weighted by molar-refractivity contribution is 6.31. The first-order chi connectivity index (χ1) is 8.49. The van der Waals surface area contributed by atoms with E-state index in [1.165, 1.54) is 0 Å². The third-order valence-corrected chi connectivity index (χ3v) is 2.64. The number of halogens is 4. The molecule has 2 aromatic carbocycles. The third kappa shape index (κ3) is 2.38. The molecule has 0 spiro atoms. The molecule has 0 saturated heterocycles. The number of rotatable bonds is 2. The third-order valence-electron chi connectivity index (χ3n) is 2.35. The van der Waals surface area contributed by atoms with Gasteiger partial charge in [0.05, 0.1) is 10.6 Å². The van der Waals surface area contributed by atoms with E-state index in [1.807, 2.05) is 0 Å². The summed E-state index contributed by atoms with van der Waals surface area (Å²) < 4.78 is 39.3. The van der Waals surface area contributed by atoms with Crippen molar-refractivity contribution in [3.05, 3.63) is 70.0 Å². The largest absolute Gasteiger partial charge is 0.288 e. The fourth-order valence-corrected chi connectivity index (χ4v) is 1.64. The minimum absolute atomic E-state index is 0.00843. The maximum Gasteiger partial charge on any atom is 0.196 e. The van der Waals surface area contributed by atoms with Gasteiger partial charge in [0.2, 0.25) is 0 Å². The van der Waals surface area contributed by atoms with E-state index in [1.54, 1.807) is 0 Å². The number of ketones is 1. The van der Waals surface area contributed by atoms with Crippen LogP contribution in [0.3, 0.4) is 0 Å². The molecule has 1 nitrogen and oxygen atoms in total. The van der Waals surface area contributed by atoms with E-state index < -0.39 is 28.8 Å². The molecule has 0 aliphatic heterocycles. The topological polar surface area (TPSA) is 17.1 Å². The molecule has 0 N–H and O–H groups in total. The van der Waals surface area contributed by atoms with Gasteiger partial charge >= 0.3 is 0 Å². The van der Waals surface area contributed by atoms with Gasteiger partial charge in [-0.1, -0.05) is 11.6 Å². The van der Waals surface area contributed by atoms with Crippen molar-refractivity contribution < 1.29 is 18.0 Å². The van der Waals surface area contributed by atoms with Gasteiger partial charge in [-0.15, -0.1) is 0 Å². The molecule has 0 fully saturated rings. The zero-order valence-electron chi connectivity index (χ0n) is 8.88. The van der Waals surface area contributed by atoms with Crippen LogP contribution in [0, 0.1) is 17.5 Å². The highest BCUT2D eigenvalue weighted by atomic mass is 35.5. The molecule has 0 atom stereocenters. The van der Waals surface area contributed by atoms with Crippen molar-refractivity contribution in [2.75, 3.05) is 0 Å². The molecule has 0 unspecified atom stereocenters. The Morgan fingerprint density at radius 1 is 0.944 bits per heavy atom. The first-order valence-electron chi connectivity index (χ1n) is 4.94. The molecule has 0 radical (unpaired) electrons. The summed E-state index contributed by atoms with van der Waals surface area (Å²) in [4.78, 5) is 11.9. The Hall–Kier alpha value is -1.81. The van der Waals surface area contributed by atoms with E-state index in [0.29, 0.717) is 0 Å². The van der Waals surface area contributed by atoms with Crippen molar-refractivity contribution in [1.82, 2.24) is 0 Å². The number of carbonyl (C=O) groups excluding carboxylic acids is 1. The van der Waals surface area contributed by atoms with E-state index in [2.05, 4.69) is 0 Å². The Bertz CT molecular complexity index is 626. The van der Waals surface area contributed by atoms with Crippen LogP contribution >= 0.6 is 11.6 Å². The van der Waals surface area contributed by atoms with Crippen molar-refractivity contribution in [1.29, 1.82) is 0 Å². The summed E-state index contributed by atoms with van der Waals surface area (Å²) in [6.07, 6.45) is 0. The van der Waals surface area contributed by atoms with Crippen LogP contribution in [0.25, 0.3) is 0 Å². The lowest BCUT2D eigenvalue weighted by Gasteiger charge is -2.04. The van der Waals surface area contributed by atoms with E-state index >= 15 is 0 Å². The lowest BCUT2D eigenvalue weighted by molar-refractivity contribution is 0.103. The predicted molar refractivity (Wildman–Crippen MR) is 61.2 cm³/mol. The van der Waals surface area contributed by atoms with Gasteiger partial charge in [-0.05, 0) is 36.4 Å². The van der Waals surface area contributed by atoms with Gasteiger partial charge in [-0.3, -0.25) is 4.79 Å². The van der Waals surface area contributed by atoms with Gasteiger partial charge in [0.15, 0.2) is 5.78 Å². The van der Waals surface area contributed by atoms with Gasteiger partial charge < -0.3 is 0 Å². The van der Waals surface area contributed by atoms with Crippen LogP contribution in [0.15, 0.2) is 36.4 Å². The lowest BCUT2D eigenvalue weighted by atomic mass is 10.0. The zero-order valence-corrected chi connectivity index (χ0v) is 9.64. The Labute approximate surface area is 106 Å². The van der Waals surface area contributed by atoms with Gasteiger partial charge in [-0.2, -0.15) is 0 Å². The standard InChI is InChI=1S/C13H6ClF3O/c14-10-5-7(1-3-12(10)17)13(18)9-6-8(15)2-4-11(9)16/h1-6H. The van der Waals surface area contributed by atoms with Crippen molar-refractivity contribution in [3.8, 4) is 0 Å². The average molecular weight is 271 g/mol. The number of benzene rings is 2. The van der Waals surface area contributed by atoms with Crippen LogP contribution in [0.1, 0.15) is 15.9 Å². The summed E-state index contributed by atoms with van der Waals surface area (Å²) >= 11 is 5.52. The fourth-order valence-electron chi connectivity index (χ4n) is 1.46. The minimum Gasteiger partial charge on any atom is -0.288 e. The molecular weight excluding hydrogens is 265 g/mol. The molecule has 0 heterocycles. The smallest absolute Gasteiger partial charge is 0.196 e. The van der Waals surface area contributed by atoms with Crippen LogP contribution in [-0.4, -0.2) is 5.78 Å². The maximum atomic E-state index is 13.4. The second-order valence-electron chi connectivity index (χ2n) is 3.58. The van der Waals surface area contributed by atoms with Crippen molar-refractivity contribution in [2.45, 2.75) is 0 Å². The van der Waals surface area contributed by atoms with Gasteiger partial charge in [0.25, 0.3) is 0 Å². The monoisotopic (exact) mass is 270 g/mol. The molecule has 18 heavy (non-hydrogen) atoms. The number of carbonyl (C=O) groups is 1. The van der Waals surface area contributed by atoms with E-state index in [4.69, 9.17) is 11.6 Å². The predicted octanol–water partition coefficient (Wildman–Crippen LogP) is 3.99. The second-order valence-corrected chi connectivity index (χ2v) is 3.99. The molecule has 0 aliphatic carbocycles. The summed E-state index contributed by atoms with van der Waals surface area (Å²) in [5.74, 6) is -3.02. The summed E-state index contributed by atoms with van der Waals surface area (Å²) in [7, 11) is 0. The second kappa shape index (κ2) is 4.82. The van der Waals surface area contributed by atoms with Gasteiger partial charge in [-0.25, -0.2) is 13.2 Å². The Morgan fingerprint density at radius 3 is 2.28 bits per heavy atom. The quantitative estimate of drug-likeness (QED) is 0.754. The van der Waals surface area contributed by atoms with Gasteiger partial charge in [0.1, 0.15) is 17.5 Å². The first kappa shape index (κ1) is 12.6. The molecule has 0 bridgehead atoms. The molecule has 0 saturated carbocycles. The van der Waals surface area contributed by atoms with Crippen LogP contribution in [0.4, 0.5) is 13.2 Å². The van der Waals surface area contributed by atoms with Crippen molar-refractivity contribution in [2.24, 2.45) is 0 Å². The van der Waals surface area contributed by atoms with Crippen LogP contribution < -0.4 is 0 Å². The number of hydrogen-bond donors (Lipinski definition) is 0. The fraction of sp³-hybridized carbons (Fsp3) is 0. The summed E-state index contributed by atoms with van der Waals surface area (Å²) in [6.45, 7) is 0. The molecule has 2 rings (SSSR count). The molecule has 0 aromatic heterocycles. The molecular formula is C13H6ClF3O. The molecule has 2 aromatic rings. The zero-order chi connectivity index (χ0) is 13.3. The lowest BCUT2D eigenvalue weighted by Crippen LogP contribution is -2.05. The highest BCUT2D eigenvalue weighted by Crippen LogP contribution is 2.20. The van der Waals surface area contributed by atoms with E-state index in [0.717, 1.165) is 36.4 Å². The molecule has 5 heteroatoms. The Kier molecular flexibility index (Phi) is 3.39. The Balaban J connectivity index is 2.47. The normalized spacial score (nSPS) is 10.4.